The number of hydrogen-bond acceptors (Lipinski definition) is 17. The number of amides is 6. The maximum Gasteiger partial charge on any atom is 0.408 e. The predicted octanol–water partition coefficient (Wildman–Crippen LogP) is 12.1. The van der Waals surface area contributed by atoms with E-state index >= 15 is 0 Å². The van der Waals surface area contributed by atoms with Crippen LogP contribution in [-0.2, 0) is 46.2 Å². The molecule has 6 amide bonds. The van der Waals surface area contributed by atoms with E-state index in [1.54, 1.807) is 32.5 Å². The van der Waals surface area contributed by atoms with E-state index in [1.165, 1.54) is 21.6 Å². The van der Waals surface area contributed by atoms with Crippen LogP contribution in [0.1, 0.15) is 165 Å². The molecule has 23 heteroatoms. The summed E-state index contributed by atoms with van der Waals surface area (Å²) in [5.41, 5.74) is 4.13. The van der Waals surface area contributed by atoms with Crippen LogP contribution in [0.15, 0.2) is 161 Å². The Hall–Kier alpha value is -8.15. The number of nitrogens with one attached hydrogen (secondary N) is 6. The largest absolute Gasteiger partial charge is 0.444 e. The van der Waals surface area contributed by atoms with Crippen LogP contribution in [0, 0.1) is 0 Å². The number of alkyl carbamates (subject to hydrolysis) is 2. The number of thioether (sulfide) groups is 1. The summed E-state index contributed by atoms with van der Waals surface area (Å²) in [6, 6.07) is 47.3. The van der Waals surface area contributed by atoms with Gasteiger partial charge in [-0.25, -0.2) is 9.59 Å². The molecule has 0 aliphatic carbocycles. The van der Waals surface area contributed by atoms with Crippen LogP contribution in [0.5, 0.6) is 0 Å². The maximum absolute atomic E-state index is 12.9. The van der Waals surface area contributed by atoms with Crippen molar-refractivity contribution in [2.75, 3.05) is 17.3 Å². The molecule has 4 heterocycles. The van der Waals surface area contributed by atoms with Crippen molar-refractivity contribution < 1.29 is 47.3 Å². The number of carbonyl (C=O) groups excluding carboxylic acids is 6. The number of carbonyl (C=O) groups is 6. The first-order chi connectivity index (χ1) is 43.4. The summed E-state index contributed by atoms with van der Waals surface area (Å²) >= 11 is 1.71. The Kier molecular flexibility index (Phi) is 27.3. The highest BCUT2D eigenvalue weighted by Crippen LogP contribution is 2.49. The monoisotopic (exact) mass is 1310 g/mol. The molecule has 0 unspecified atom stereocenters. The third kappa shape index (κ3) is 21.7. The van der Waals surface area contributed by atoms with Crippen molar-refractivity contribution in [2.45, 2.75) is 167 Å². The molecule has 492 valence electrons. The molecule has 92 heavy (non-hydrogen) atoms. The summed E-state index contributed by atoms with van der Waals surface area (Å²) in [7, 11) is 2.83. The van der Waals surface area contributed by atoms with Crippen molar-refractivity contribution >= 4 is 69.2 Å². The van der Waals surface area contributed by atoms with Crippen LogP contribution < -0.4 is 31.9 Å². The van der Waals surface area contributed by atoms with Gasteiger partial charge in [-0.05, 0) is 75.8 Å². The van der Waals surface area contributed by atoms with Crippen LogP contribution in [0.3, 0.4) is 0 Å². The molecule has 0 bridgehead atoms. The van der Waals surface area contributed by atoms with Gasteiger partial charge in [-0.15, -0.1) is 11.8 Å². The number of nitrogens with zero attached hydrogens (tertiary/aromatic N) is 4. The van der Waals surface area contributed by atoms with Gasteiger partial charge in [0.15, 0.2) is 11.6 Å². The fraction of sp³-hybridized carbons (Fsp3) is 0.420. The number of aromatic nitrogens is 4. The highest BCUT2D eigenvalue weighted by Gasteiger charge is 2.40. The van der Waals surface area contributed by atoms with E-state index in [4.69, 9.17) is 18.5 Å². The summed E-state index contributed by atoms with van der Waals surface area (Å²) in [6.45, 7) is 20.6. The van der Waals surface area contributed by atoms with E-state index in [0.717, 1.165) is 27.8 Å². The molecule has 0 radical (unpaired) electrons. The third-order valence-electron chi connectivity index (χ3n) is 14.0. The fourth-order valence-electron chi connectivity index (χ4n) is 9.45. The summed E-state index contributed by atoms with van der Waals surface area (Å²) in [5, 5.41) is 25.0. The Morgan fingerprint density at radius 2 is 0.837 bits per heavy atom. The van der Waals surface area contributed by atoms with Gasteiger partial charge in [-0.1, -0.05) is 226 Å². The molecule has 2 aliphatic heterocycles. The molecule has 20 nitrogen and oxygen atoms in total. The van der Waals surface area contributed by atoms with Crippen molar-refractivity contribution in [3.8, 4) is 0 Å². The SMILES string of the molecule is C.CC(C)c1noc([C@H](CSC(c2ccccc2)(c2ccccc2)c2ccccc2)NC(=O)OC(C)(C)C)n1.CC(C)c1noc([C@H](CSSC[C@@H]2NC(=O)[C@H](Cc3ccccc3)NC2=O)NC(=O)OC(C)(C)C)n1.CC[C@@H]1NC(=O)[C@H](Cc2ccccc2)NC1=O. The smallest absolute Gasteiger partial charge is 0.408 e. The van der Waals surface area contributed by atoms with Gasteiger partial charge in [0.1, 0.15) is 47.5 Å². The molecule has 2 saturated heterocycles. The van der Waals surface area contributed by atoms with Crippen molar-refractivity contribution in [3.63, 3.8) is 0 Å². The minimum absolute atomic E-state index is 0. The average Bonchev–Trinajstić information content (AvgIpc) is 0.897. The highest BCUT2D eigenvalue weighted by molar-refractivity contribution is 8.76. The maximum atomic E-state index is 12.9. The molecule has 5 aromatic carbocycles. The average molecular weight is 1310 g/mol. The molecular formula is C69H88N10O10S3. The molecule has 0 saturated carbocycles. The fourth-order valence-corrected chi connectivity index (χ4v) is 13.3. The second-order valence-electron chi connectivity index (χ2n) is 24.4. The molecule has 9 rings (SSSR count). The second kappa shape index (κ2) is 34.5. The normalized spacial score (nSPS) is 17.1. The van der Waals surface area contributed by atoms with Crippen LogP contribution in [0.4, 0.5) is 9.59 Å². The first-order valence-electron chi connectivity index (χ1n) is 30.4. The quantitative estimate of drug-likeness (QED) is 0.0209. The minimum Gasteiger partial charge on any atom is -0.444 e. The molecule has 6 N–H and O–H groups in total. The van der Waals surface area contributed by atoms with Gasteiger partial charge in [0, 0.05) is 41.9 Å². The van der Waals surface area contributed by atoms with Gasteiger partial charge in [0.05, 0.1) is 4.75 Å². The lowest BCUT2D eigenvalue weighted by atomic mass is 9.84. The molecule has 7 aromatic rings. The Morgan fingerprint density at radius 3 is 1.20 bits per heavy atom. The predicted molar refractivity (Wildman–Crippen MR) is 363 cm³/mol. The van der Waals surface area contributed by atoms with Gasteiger partial charge in [0.25, 0.3) is 0 Å². The minimum atomic E-state index is -0.653. The zero-order chi connectivity index (χ0) is 65.7. The van der Waals surface area contributed by atoms with E-state index in [2.05, 4.69) is 125 Å². The molecular weight excluding hydrogens is 1230 g/mol. The molecule has 2 aromatic heterocycles. The Labute approximate surface area is 552 Å². The lowest BCUT2D eigenvalue weighted by molar-refractivity contribution is -0.136. The Morgan fingerprint density at radius 1 is 0.500 bits per heavy atom. The van der Waals surface area contributed by atoms with Gasteiger partial charge >= 0.3 is 12.2 Å². The van der Waals surface area contributed by atoms with Gasteiger partial charge in [-0.3, -0.25) is 19.2 Å². The Balaban J connectivity index is 0.000000232. The van der Waals surface area contributed by atoms with Crippen LogP contribution in [-0.4, -0.2) is 109 Å². The van der Waals surface area contributed by atoms with Gasteiger partial charge in [-0.2, -0.15) is 9.97 Å². The van der Waals surface area contributed by atoms with Crippen molar-refractivity contribution in [3.05, 3.63) is 203 Å². The first kappa shape index (κ1) is 72.9. The lowest BCUT2D eigenvalue weighted by Gasteiger charge is -2.36. The number of benzene rings is 5. The summed E-state index contributed by atoms with van der Waals surface area (Å²) in [5.74, 6) is 2.56. The van der Waals surface area contributed by atoms with Gasteiger partial charge < -0.3 is 50.4 Å². The van der Waals surface area contributed by atoms with E-state index in [9.17, 15) is 28.8 Å². The topological polar surface area (TPSA) is 271 Å². The standard InChI is InChI=1S/C31H35N3O3S.C24H33N5O5S2.C13H16N2O2.CH4/c1-22(2)27-33-28(37-34-27)26(32-29(35)36-30(3,4)5)21-38-31(23-15-9-6-10-16-23,24-17-11-7-12-18-24)25-19-13-8-14-20-25;1-14(2)19-28-22(34-29-19)18(27-23(32)33-24(3,4)5)13-36-35-12-17-21(31)25-16(20(30)26-17)11-15-9-7-6-8-10-15;1-2-10-12(16)15-11(13(17)14-10)8-9-6-4-3-5-7-9;/h6-20,22,26H,21H2,1-5H3,(H,32,35);6-10,14,16-18H,11-13H2,1-5H3,(H,25,31)(H,26,30)(H,27,32);3-7,10-11H,2,8H2,1H3,(H,14,17)(H,15,16);1H4/t26-;16-,17-,18-;10-,11-;/m000./s1. The number of hydrogen-bond donors (Lipinski definition) is 6. The van der Waals surface area contributed by atoms with Crippen LogP contribution in [0.25, 0.3) is 0 Å². The third-order valence-corrected chi connectivity index (χ3v) is 18.1. The van der Waals surface area contributed by atoms with Crippen molar-refractivity contribution in [1.29, 1.82) is 0 Å². The van der Waals surface area contributed by atoms with Crippen molar-refractivity contribution in [2.24, 2.45) is 0 Å². The number of rotatable bonds is 22. The zero-order valence-electron chi connectivity index (χ0n) is 53.4. The zero-order valence-corrected chi connectivity index (χ0v) is 55.8. The molecule has 6 atom stereocenters. The van der Waals surface area contributed by atoms with Crippen LogP contribution in [0.2, 0.25) is 0 Å². The summed E-state index contributed by atoms with van der Waals surface area (Å²) in [4.78, 5) is 82.8. The second-order valence-corrected chi connectivity index (χ2v) is 28.2. The lowest BCUT2D eigenvalue weighted by Crippen LogP contribution is -2.63. The highest BCUT2D eigenvalue weighted by atomic mass is 33.1. The van der Waals surface area contributed by atoms with Crippen LogP contribution >= 0.6 is 33.3 Å². The summed E-state index contributed by atoms with van der Waals surface area (Å²) in [6.07, 6.45) is 0.473. The van der Waals surface area contributed by atoms with E-state index in [0.29, 0.717) is 54.1 Å². The number of ether oxygens (including phenoxy) is 2. The first-order valence-corrected chi connectivity index (χ1v) is 33.9. The molecule has 2 aliphatic rings. The Bertz CT molecular complexity index is 3340. The molecule has 0 spiro atoms. The van der Waals surface area contributed by atoms with Gasteiger partial charge in [0.2, 0.25) is 35.4 Å². The van der Waals surface area contributed by atoms with E-state index in [1.807, 2.05) is 134 Å². The van der Waals surface area contributed by atoms with E-state index in [-0.39, 0.29) is 54.8 Å². The molecule has 2 fully saturated rings. The summed E-state index contributed by atoms with van der Waals surface area (Å²) < 4.78 is 21.4. The number of piperazine rings is 2. The van der Waals surface area contributed by atoms with Crippen molar-refractivity contribution in [1.82, 2.24) is 52.2 Å². The van der Waals surface area contributed by atoms with E-state index < -0.39 is 58.3 Å².